The number of primary amides is 1. The van der Waals surface area contributed by atoms with Crippen molar-refractivity contribution in [3.63, 3.8) is 0 Å². The fraction of sp³-hybridized carbons (Fsp3) is 0.480. The summed E-state index contributed by atoms with van der Waals surface area (Å²) < 4.78 is 2.04. The molecule has 1 heterocycles. The van der Waals surface area contributed by atoms with Gasteiger partial charge in [0, 0.05) is 11.3 Å². The molecule has 2 aromatic rings. The van der Waals surface area contributed by atoms with Gasteiger partial charge in [-0.25, -0.2) is 0 Å². The number of terminal acetylenes is 1. The number of nitrogens with two attached hydrogens (primary N) is 1. The number of benzene rings is 1. The van der Waals surface area contributed by atoms with Gasteiger partial charge in [0.2, 0.25) is 0 Å². The van der Waals surface area contributed by atoms with Crippen LogP contribution in [0.2, 0.25) is 0 Å². The van der Waals surface area contributed by atoms with Crippen LogP contribution in [0.25, 0.3) is 11.3 Å². The Morgan fingerprint density at radius 1 is 1.14 bits per heavy atom. The number of nitrogens with zero attached hydrogens (tertiary/aromatic N) is 1. The molecule has 0 bridgehead atoms. The van der Waals surface area contributed by atoms with Crippen LogP contribution in [0, 0.1) is 19.3 Å². The van der Waals surface area contributed by atoms with E-state index in [2.05, 4.69) is 52.7 Å². The van der Waals surface area contributed by atoms with Crippen LogP contribution in [-0.2, 0) is 23.8 Å². The number of aryl methyl sites for hydroxylation is 1. The SMILES string of the molecule is C#CCn1c(-c2cc3c(cc2CC)C(C)(C)CCC3(C)C)cc(C(N)=O)c1C. The molecule has 1 aliphatic carbocycles. The molecule has 1 amide bonds. The first-order valence-corrected chi connectivity index (χ1v) is 10.1. The number of hydrogen-bond acceptors (Lipinski definition) is 1. The molecule has 1 aromatic heterocycles. The van der Waals surface area contributed by atoms with Crippen LogP contribution < -0.4 is 5.73 Å². The molecule has 148 valence electrons. The molecule has 0 aliphatic heterocycles. The first-order valence-electron chi connectivity index (χ1n) is 10.1. The van der Waals surface area contributed by atoms with E-state index in [9.17, 15) is 4.79 Å². The Balaban J connectivity index is 2.34. The molecule has 0 fully saturated rings. The van der Waals surface area contributed by atoms with E-state index >= 15 is 0 Å². The van der Waals surface area contributed by atoms with Gasteiger partial charge in [-0.05, 0) is 65.8 Å². The van der Waals surface area contributed by atoms with Gasteiger partial charge in [-0.1, -0.05) is 46.6 Å². The third-order valence-electron chi connectivity index (χ3n) is 6.61. The van der Waals surface area contributed by atoms with Crippen LogP contribution in [0.15, 0.2) is 18.2 Å². The summed E-state index contributed by atoms with van der Waals surface area (Å²) >= 11 is 0. The molecule has 0 saturated heterocycles. The summed E-state index contributed by atoms with van der Waals surface area (Å²) in [6, 6.07) is 6.65. The molecule has 3 nitrogen and oxygen atoms in total. The molecular weight excluding hydrogens is 344 g/mol. The van der Waals surface area contributed by atoms with Crippen molar-refractivity contribution in [1.29, 1.82) is 0 Å². The van der Waals surface area contributed by atoms with E-state index in [1.165, 1.54) is 23.1 Å². The number of carbonyl (C=O) groups is 1. The predicted molar refractivity (Wildman–Crippen MR) is 117 cm³/mol. The van der Waals surface area contributed by atoms with Gasteiger partial charge in [0.05, 0.1) is 17.8 Å². The number of amides is 1. The monoisotopic (exact) mass is 376 g/mol. The van der Waals surface area contributed by atoms with Gasteiger partial charge in [0.15, 0.2) is 0 Å². The second-order valence-electron chi connectivity index (χ2n) is 9.36. The summed E-state index contributed by atoms with van der Waals surface area (Å²) in [6.07, 6.45) is 8.91. The third-order valence-corrected chi connectivity index (χ3v) is 6.61. The minimum absolute atomic E-state index is 0.122. The number of carbonyl (C=O) groups excluding carboxylic acids is 1. The van der Waals surface area contributed by atoms with Gasteiger partial charge < -0.3 is 10.3 Å². The van der Waals surface area contributed by atoms with E-state index in [0.29, 0.717) is 12.1 Å². The van der Waals surface area contributed by atoms with Crippen molar-refractivity contribution in [3.05, 3.63) is 46.1 Å². The van der Waals surface area contributed by atoms with Crippen LogP contribution in [-0.4, -0.2) is 10.5 Å². The van der Waals surface area contributed by atoms with E-state index < -0.39 is 5.91 Å². The largest absolute Gasteiger partial charge is 0.366 e. The molecule has 0 radical (unpaired) electrons. The lowest BCUT2D eigenvalue weighted by Gasteiger charge is -2.42. The average Bonchev–Trinajstić information content (AvgIpc) is 2.95. The highest BCUT2D eigenvalue weighted by atomic mass is 16.1. The third kappa shape index (κ3) is 3.15. The molecule has 1 aliphatic rings. The predicted octanol–water partition coefficient (Wildman–Crippen LogP) is 5.11. The van der Waals surface area contributed by atoms with Crippen LogP contribution in [0.5, 0.6) is 0 Å². The zero-order valence-corrected chi connectivity index (χ0v) is 18.1. The maximum Gasteiger partial charge on any atom is 0.250 e. The van der Waals surface area contributed by atoms with Crippen molar-refractivity contribution in [1.82, 2.24) is 4.57 Å². The molecular formula is C25H32N2O. The Kier molecular flexibility index (Phi) is 4.96. The number of aromatic nitrogens is 1. The highest BCUT2D eigenvalue weighted by Crippen LogP contribution is 2.48. The van der Waals surface area contributed by atoms with Crippen molar-refractivity contribution in [2.24, 2.45) is 5.73 Å². The van der Waals surface area contributed by atoms with Crippen LogP contribution in [0.1, 0.15) is 80.2 Å². The summed E-state index contributed by atoms with van der Waals surface area (Å²) in [6.45, 7) is 13.9. The lowest BCUT2D eigenvalue weighted by Crippen LogP contribution is -2.34. The van der Waals surface area contributed by atoms with Gasteiger partial charge in [-0.3, -0.25) is 4.79 Å². The van der Waals surface area contributed by atoms with Crippen LogP contribution in [0.4, 0.5) is 0 Å². The highest BCUT2D eigenvalue weighted by Gasteiger charge is 2.38. The number of rotatable bonds is 4. The minimum atomic E-state index is -0.410. The molecule has 0 spiro atoms. The lowest BCUT2D eigenvalue weighted by molar-refractivity contribution is 0.0999. The van der Waals surface area contributed by atoms with Crippen molar-refractivity contribution < 1.29 is 4.79 Å². The Labute approximate surface area is 169 Å². The maximum atomic E-state index is 12.0. The van der Waals surface area contributed by atoms with Gasteiger partial charge in [0.25, 0.3) is 5.91 Å². The first kappa shape index (κ1) is 20.3. The molecule has 3 heteroatoms. The van der Waals surface area contributed by atoms with E-state index in [1.54, 1.807) is 0 Å². The number of fused-ring (bicyclic) bond motifs is 1. The second kappa shape index (κ2) is 6.85. The molecule has 0 unspecified atom stereocenters. The average molecular weight is 377 g/mol. The second-order valence-corrected chi connectivity index (χ2v) is 9.36. The minimum Gasteiger partial charge on any atom is -0.366 e. The summed E-state index contributed by atoms with van der Waals surface area (Å²) in [5, 5.41) is 0. The van der Waals surface area contributed by atoms with Gasteiger partial charge in [0.1, 0.15) is 0 Å². The summed E-state index contributed by atoms with van der Waals surface area (Å²) in [5.41, 5.74) is 13.6. The van der Waals surface area contributed by atoms with E-state index in [1.807, 2.05) is 17.6 Å². The molecule has 3 rings (SSSR count). The zero-order valence-electron chi connectivity index (χ0n) is 18.1. The highest BCUT2D eigenvalue weighted by molar-refractivity contribution is 5.96. The summed E-state index contributed by atoms with van der Waals surface area (Å²) in [5.74, 6) is 2.32. The van der Waals surface area contributed by atoms with Crippen LogP contribution in [0.3, 0.4) is 0 Å². The Morgan fingerprint density at radius 2 is 1.71 bits per heavy atom. The quantitative estimate of drug-likeness (QED) is 0.741. The zero-order chi connectivity index (χ0) is 20.9. The fourth-order valence-electron chi connectivity index (χ4n) is 4.60. The first-order chi connectivity index (χ1) is 13.0. The van der Waals surface area contributed by atoms with Gasteiger partial charge in [-0.15, -0.1) is 6.42 Å². The van der Waals surface area contributed by atoms with Crippen molar-refractivity contribution in [2.45, 2.75) is 78.2 Å². The molecule has 2 N–H and O–H groups in total. The fourth-order valence-corrected chi connectivity index (χ4v) is 4.60. The maximum absolute atomic E-state index is 12.0. The van der Waals surface area contributed by atoms with E-state index in [0.717, 1.165) is 29.8 Å². The van der Waals surface area contributed by atoms with Gasteiger partial charge in [-0.2, -0.15) is 0 Å². The normalized spacial score (nSPS) is 17.0. The van der Waals surface area contributed by atoms with Gasteiger partial charge >= 0.3 is 0 Å². The van der Waals surface area contributed by atoms with E-state index in [-0.39, 0.29) is 10.8 Å². The molecule has 1 aromatic carbocycles. The van der Waals surface area contributed by atoms with Crippen LogP contribution >= 0.6 is 0 Å². The Hall–Kier alpha value is -2.47. The summed E-state index contributed by atoms with van der Waals surface area (Å²) in [7, 11) is 0. The standard InChI is InChI=1S/C25H32N2O/c1-8-12-27-16(3)18(23(26)28)15-22(27)19-14-21-20(13-17(19)9-2)24(4,5)10-11-25(21,6)7/h1,13-15H,9-12H2,2-7H3,(H2,26,28). The van der Waals surface area contributed by atoms with Crippen molar-refractivity contribution in [3.8, 4) is 23.6 Å². The van der Waals surface area contributed by atoms with E-state index in [4.69, 9.17) is 12.2 Å². The van der Waals surface area contributed by atoms with Crippen molar-refractivity contribution in [2.75, 3.05) is 0 Å². The van der Waals surface area contributed by atoms with Crippen molar-refractivity contribution >= 4 is 5.91 Å². The molecule has 0 saturated carbocycles. The summed E-state index contributed by atoms with van der Waals surface area (Å²) in [4.78, 5) is 12.0. The number of hydrogen-bond donors (Lipinski definition) is 1. The molecule has 0 atom stereocenters. The smallest absolute Gasteiger partial charge is 0.250 e. The topological polar surface area (TPSA) is 48.0 Å². The lowest BCUT2D eigenvalue weighted by atomic mass is 9.62. The Bertz CT molecular complexity index is 983. The Morgan fingerprint density at radius 3 is 2.21 bits per heavy atom. The molecule has 28 heavy (non-hydrogen) atoms.